The summed E-state index contributed by atoms with van der Waals surface area (Å²) in [6.07, 6.45) is 5.31. The number of rotatable bonds is 8. The molecule has 0 saturated carbocycles. The number of carbonyl (C=O) groups is 1. The lowest BCUT2D eigenvalue weighted by atomic mass is 10.1. The molecule has 5 nitrogen and oxygen atoms in total. The molecule has 1 N–H and O–H groups in total. The van der Waals surface area contributed by atoms with Crippen molar-refractivity contribution in [3.63, 3.8) is 0 Å². The molecule has 0 aliphatic heterocycles. The minimum Gasteiger partial charge on any atom is -0.372 e. The number of carbonyl (C=O) groups excluding carboxylic acids is 1. The predicted octanol–water partition coefficient (Wildman–Crippen LogP) is 4.73. The Hall–Kier alpha value is -2.73. The van der Waals surface area contributed by atoms with Gasteiger partial charge < -0.3 is 10.2 Å². The van der Waals surface area contributed by atoms with E-state index < -0.39 is 0 Å². The highest BCUT2D eigenvalue weighted by molar-refractivity contribution is 7.13. The van der Waals surface area contributed by atoms with Crippen LogP contribution < -0.4 is 10.2 Å². The van der Waals surface area contributed by atoms with E-state index in [0.29, 0.717) is 4.88 Å². The monoisotopic (exact) mass is 394 g/mol. The smallest absolute Gasteiger partial charge is 0.267 e. The van der Waals surface area contributed by atoms with Gasteiger partial charge >= 0.3 is 0 Å². The van der Waals surface area contributed by atoms with E-state index >= 15 is 0 Å². The first kappa shape index (κ1) is 20.0. The van der Waals surface area contributed by atoms with Crippen molar-refractivity contribution >= 4 is 28.6 Å². The highest BCUT2D eigenvalue weighted by atomic mass is 32.1. The zero-order valence-corrected chi connectivity index (χ0v) is 17.4. The summed E-state index contributed by atoms with van der Waals surface area (Å²) in [7, 11) is 0. The number of aryl methyl sites for hydroxylation is 3. The SMILES string of the molecule is CCN(CC)c1ccc(NC(=O)c2sc(CCc3ccncc3)nc2C)cc1. The highest BCUT2D eigenvalue weighted by Crippen LogP contribution is 2.23. The van der Waals surface area contributed by atoms with Crippen LogP contribution in [0.3, 0.4) is 0 Å². The molecular weight excluding hydrogens is 368 g/mol. The van der Waals surface area contributed by atoms with E-state index in [1.165, 1.54) is 16.9 Å². The van der Waals surface area contributed by atoms with E-state index in [2.05, 4.69) is 34.0 Å². The number of amides is 1. The van der Waals surface area contributed by atoms with E-state index in [-0.39, 0.29) is 5.91 Å². The second kappa shape index (κ2) is 9.46. The summed E-state index contributed by atoms with van der Waals surface area (Å²) in [6.45, 7) is 8.09. The van der Waals surface area contributed by atoms with Crippen LogP contribution in [0.25, 0.3) is 0 Å². The Balaban J connectivity index is 1.63. The molecule has 0 unspecified atom stereocenters. The molecule has 0 bridgehead atoms. The Morgan fingerprint density at radius 3 is 2.36 bits per heavy atom. The molecule has 2 heterocycles. The second-order valence-corrected chi connectivity index (χ2v) is 7.63. The minimum absolute atomic E-state index is 0.0965. The number of nitrogens with zero attached hydrogens (tertiary/aromatic N) is 3. The van der Waals surface area contributed by atoms with Gasteiger partial charge in [-0.1, -0.05) is 0 Å². The van der Waals surface area contributed by atoms with Crippen LogP contribution in [0.2, 0.25) is 0 Å². The van der Waals surface area contributed by atoms with Crippen LogP contribution in [0, 0.1) is 6.92 Å². The van der Waals surface area contributed by atoms with E-state index in [1.54, 1.807) is 12.4 Å². The van der Waals surface area contributed by atoms with Gasteiger partial charge in [-0.15, -0.1) is 11.3 Å². The van der Waals surface area contributed by atoms with Crippen molar-refractivity contribution in [2.75, 3.05) is 23.3 Å². The summed E-state index contributed by atoms with van der Waals surface area (Å²) >= 11 is 1.47. The van der Waals surface area contributed by atoms with Crippen LogP contribution in [0.15, 0.2) is 48.8 Å². The van der Waals surface area contributed by atoms with Crippen molar-refractivity contribution in [2.45, 2.75) is 33.6 Å². The fourth-order valence-corrected chi connectivity index (χ4v) is 4.06. The van der Waals surface area contributed by atoms with Gasteiger partial charge in [0.05, 0.1) is 10.7 Å². The topological polar surface area (TPSA) is 58.1 Å². The number of nitrogens with one attached hydrogen (secondary N) is 1. The third kappa shape index (κ3) is 4.95. The molecule has 0 aliphatic carbocycles. The fourth-order valence-electron chi connectivity index (χ4n) is 3.10. The van der Waals surface area contributed by atoms with Crippen molar-refractivity contribution in [3.05, 3.63) is 69.9 Å². The Labute approximate surface area is 170 Å². The van der Waals surface area contributed by atoms with Crippen molar-refractivity contribution in [1.29, 1.82) is 0 Å². The van der Waals surface area contributed by atoms with Gasteiger partial charge in [-0.05, 0) is 69.2 Å². The van der Waals surface area contributed by atoms with Gasteiger partial charge in [0.15, 0.2) is 0 Å². The molecular formula is C22H26N4OS. The summed E-state index contributed by atoms with van der Waals surface area (Å²) in [5.41, 5.74) is 3.97. The molecule has 28 heavy (non-hydrogen) atoms. The van der Waals surface area contributed by atoms with Gasteiger partial charge in [-0.25, -0.2) is 4.98 Å². The first-order valence-corrected chi connectivity index (χ1v) is 10.4. The number of hydrogen-bond donors (Lipinski definition) is 1. The molecule has 3 aromatic rings. The molecule has 0 fully saturated rings. The van der Waals surface area contributed by atoms with Crippen LogP contribution in [0.5, 0.6) is 0 Å². The molecule has 0 radical (unpaired) electrons. The average Bonchev–Trinajstić information content (AvgIpc) is 3.10. The molecule has 0 aliphatic rings. The second-order valence-electron chi connectivity index (χ2n) is 6.55. The van der Waals surface area contributed by atoms with Crippen molar-refractivity contribution < 1.29 is 4.79 Å². The van der Waals surface area contributed by atoms with Crippen LogP contribution in [-0.4, -0.2) is 29.0 Å². The number of hydrogen-bond acceptors (Lipinski definition) is 5. The summed E-state index contributed by atoms with van der Waals surface area (Å²) in [6, 6.07) is 12.0. The van der Waals surface area contributed by atoms with E-state index in [0.717, 1.165) is 48.0 Å². The summed E-state index contributed by atoms with van der Waals surface area (Å²) < 4.78 is 0. The highest BCUT2D eigenvalue weighted by Gasteiger charge is 2.15. The lowest BCUT2D eigenvalue weighted by Crippen LogP contribution is -2.21. The molecule has 6 heteroatoms. The maximum absolute atomic E-state index is 12.7. The third-order valence-electron chi connectivity index (χ3n) is 4.68. The maximum atomic E-state index is 12.7. The Kier molecular flexibility index (Phi) is 6.76. The lowest BCUT2D eigenvalue weighted by molar-refractivity contribution is 0.103. The number of anilines is 2. The van der Waals surface area contributed by atoms with Gasteiger partial charge in [0.1, 0.15) is 4.88 Å². The summed E-state index contributed by atoms with van der Waals surface area (Å²) in [5, 5.41) is 3.98. The average molecular weight is 395 g/mol. The van der Waals surface area contributed by atoms with Crippen LogP contribution in [0.4, 0.5) is 11.4 Å². The lowest BCUT2D eigenvalue weighted by Gasteiger charge is -2.21. The fraction of sp³-hybridized carbons (Fsp3) is 0.318. The Bertz CT molecular complexity index is 902. The van der Waals surface area contributed by atoms with Crippen LogP contribution in [0.1, 0.15) is 39.8 Å². The number of thiazole rings is 1. The predicted molar refractivity (Wildman–Crippen MR) is 116 cm³/mol. The summed E-state index contributed by atoms with van der Waals surface area (Å²) in [5.74, 6) is -0.0965. The molecule has 1 amide bonds. The third-order valence-corrected chi connectivity index (χ3v) is 5.89. The van der Waals surface area contributed by atoms with E-state index in [1.807, 2.05) is 43.3 Å². The normalized spacial score (nSPS) is 10.7. The standard InChI is InChI=1S/C22H26N4OS/c1-4-26(5-2)19-9-7-18(8-10-19)25-22(27)21-16(3)24-20(28-21)11-6-17-12-14-23-15-13-17/h7-10,12-15H,4-6,11H2,1-3H3,(H,25,27). The van der Waals surface area contributed by atoms with Gasteiger partial charge in [0.2, 0.25) is 0 Å². The Morgan fingerprint density at radius 1 is 1.04 bits per heavy atom. The first-order chi connectivity index (χ1) is 13.6. The van der Waals surface area contributed by atoms with Gasteiger partial charge in [-0.3, -0.25) is 9.78 Å². The molecule has 3 rings (SSSR count). The maximum Gasteiger partial charge on any atom is 0.267 e. The van der Waals surface area contributed by atoms with Gasteiger partial charge in [0, 0.05) is 43.3 Å². The minimum atomic E-state index is -0.0965. The largest absolute Gasteiger partial charge is 0.372 e. The van der Waals surface area contributed by atoms with Crippen LogP contribution >= 0.6 is 11.3 Å². The zero-order valence-electron chi connectivity index (χ0n) is 16.6. The van der Waals surface area contributed by atoms with Crippen LogP contribution in [-0.2, 0) is 12.8 Å². The molecule has 2 aromatic heterocycles. The first-order valence-electron chi connectivity index (χ1n) is 9.62. The zero-order chi connectivity index (χ0) is 19.9. The molecule has 0 saturated heterocycles. The molecule has 1 aromatic carbocycles. The van der Waals surface area contributed by atoms with E-state index in [4.69, 9.17) is 0 Å². The van der Waals surface area contributed by atoms with E-state index in [9.17, 15) is 4.79 Å². The number of pyridine rings is 1. The Morgan fingerprint density at radius 2 is 1.71 bits per heavy atom. The van der Waals surface area contributed by atoms with Crippen molar-refractivity contribution in [2.24, 2.45) is 0 Å². The van der Waals surface area contributed by atoms with Gasteiger partial charge in [-0.2, -0.15) is 0 Å². The quantitative estimate of drug-likeness (QED) is 0.600. The summed E-state index contributed by atoms with van der Waals surface area (Å²) in [4.78, 5) is 24.3. The molecule has 146 valence electrons. The number of benzene rings is 1. The molecule has 0 atom stereocenters. The van der Waals surface area contributed by atoms with Crippen molar-refractivity contribution in [3.8, 4) is 0 Å². The van der Waals surface area contributed by atoms with Crippen molar-refractivity contribution in [1.82, 2.24) is 9.97 Å². The molecule has 0 spiro atoms. The number of aromatic nitrogens is 2. The van der Waals surface area contributed by atoms with Gasteiger partial charge in [0.25, 0.3) is 5.91 Å².